The molecule has 37 heavy (non-hydrogen) atoms. The van der Waals surface area contributed by atoms with Crippen molar-refractivity contribution >= 4 is 43.2 Å². The molecule has 0 unspecified atom stereocenters. The summed E-state index contributed by atoms with van der Waals surface area (Å²) in [6, 6.07) is 24.0. The van der Waals surface area contributed by atoms with E-state index >= 15 is 0 Å². The van der Waals surface area contributed by atoms with Gasteiger partial charge in [0.05, 0.1) is 0 Å². The number of pyridine rings is 1. The van der Waals surface area contributed by atoms with Gasteiger partial charge in [-0.2, -0.15) is 0 Å². The molecule has 0 aliphatic carbocycles. The van der Waals surface area contributed by atoms with E-state index in [9.17, 15) is 0 Å². The number of nitrogens with zero attached hydrogens (tertiary/aromatic N) is 1. The Labute approximate surface area is 223 Å². The molecule has 3 heterocycles. The Morgan fingerprint density at radius 1 is 0.919 bits per heavy atom. The highest BCUT2D eigenvalue weighted by Crippen LogP contribution is 2.42. The van der Waals surface area contributed by atoms with Crippen molar-refractivity contribution in [2.45, 2.75) is 53.4 Å². The lowest BCUT2D eigenvalue weighted by atomic mass is 9.82. The van der Waals surface area contributed by atoms with Crippen molar-refractivity contribution in [3.63, 3.8) is 0 Å². The summed E-state index contributed by atoms with van der Waals surface area (Å²) in [5.41, 5.74) is 6.81. The number of thiophene rings is 1. The summed E-state index contributed by atoms with van der Waals surface area (Å²) in [5.74, 6) is 1.51. The molecule has 0 radical (unpaired) electrons. The number of fused-ring (bicyclic) bond motifs is 3. The number of furan rings is 1. The second-order valence-electron chi connectivity index (χ2n) is 11.6. The fourth-order valence-electron chi connectivity index (χ4n) is 5.56. The van der Waals surface area contributed by atoms with Crippen LogP contribution in [0.1, 0.15) is 50.6 Å². The van der Waals surface area contributed by atoms with Gasteiger partial charge in [-0.1, -0.05) is 71.0 Å². The maximum Gasteiger partial charge on any atom is 0.161 e. The van der Waals surface area contributed by atoms with Crippen LogP contribution in [0.5, 0.6) is 0 Å². The molecule has 0 N–H and O–H groups in total. The minimum absolute atomic E-state index is 0.0110. The van der Waals surface area contributed by atoms with Crippen molar-refractivity contribution in [1.29, 1.82) is 0 Å². The molecule has 0 saturated heterocycles. The van der Waals surface area contributed by atoms with E-state index in [0.29, 0.717) is 5.92 Å². The Hall–Kier alpha value is -3.43. The molecule has 0 spiro atoms. The Balaban J connectivity index is 1.57. The number of benzene rings is 3. The van der Waals surface area contributed by atoms with E-state index in [1.165, 1.54) is 42.4 Å². The molecule has 0 atom stereocenters. The van der Waals surface area contributed by atoms with Gasteiger partial charge in [-0.25, -0.2) is 0 Å². The molecule has 0 aliphatic heterocycles. The van der Waals surface area contributed by atoms with Gasteiger partial charge in [-0.3, -0.25) is 4.98 Å². The summed E-state index contributed by atoms with van der Waals surface area (Å²) in [6.45, 7) is 13.7. The Bertz CT molecular complexity index is 1780. The summed E-state index contributed by atoms with van der Waals surface area (Å²) < 4.78 is 8.02. The van der Waals surface area contributed by atoms with Crippen molar-refractivity contribution in [3.8, 4) is 22.6 Å². The van der Waals surface area contributed by atoms with Crippen LogP contribution in [0.25, 0.3) is 54.4 Å². The minimum atomic E-state index is 0.0110. The van der Waals surface area contributed by atoms with Crippen molar-refractivity contribution in [3.05, 3.63) is 88.9 Å². The molecule has 3 aromatic heterocycles. The first kappa shape index (κ1) is 23.9. The summed E-state index contributed by atoms with van der Waals surface area (Å²) in [6.07, 6.45) is 2.98. The molecule has 3 aromatic carbocycles. The van der Waals surface area contributed by atoms with Gasteiger partial charge in [0, 0.05) is 37.7 Å². The lowest BCUT2D eigenvalue weighted by molar-refractivity contribution is 0.596. The second-order valence-corrected chi connectivity index (χ2v) is 12.9. The van der Waals surface area contributed by atoms with Crippen LogP contribution in [0.4, 0.5) is 0 Å². The largest absolute Gasteiger partial charge is 0.454 e. The molecule has 6 aromatic rings. The minimum Gasteiger partial charge on any atom is -0.454 e. The molecule has 186 valence electrons. The maximum absolute atomic E-state index is 6.70. The summed E-state index contributed by atoms with van der Waals surface area (Å²) in [5, 5.41) is 4.95. The van der Waals surface area contributed by atoms with Gasteiger partial charge in [0.15, 0.2) is 5.58 Å². The highest BCUT2D eigenvalue weighted by atomic mass is 32.1. The third kappa shape index (κ3) is 4.16. The maximum atomic E-state index is 6.70. The third-order valence-corrected chi connectivity index (χ3v) is 8.38. The Morgan fingerprint density at radius 3 is 2.51 bits per heavy atom. The van der Waals surface area contributed by atoms with E-state index in [4.69, 9.17) is 9.40 Å². The van der Waals surface area contributed by atoms with E-state index in [0.717, 1.165) is 34.4 Å². The van der Waals surface area contributed by atoms with Crippen LogP contribution in [0.15, 0.2) is 77.3 Å². The summed E-state index contributed by atoms with van der Waals surface area (Å²) >= 11 is 1.89. The third-order valence-electron chi connectivity index (χ3n) is 7.27. The second kappa shape index (κ2) is 8.85. The molecule has 0 amide bonds. The average molecular weight is 504 g/mol. The van der Waals surface area contributed by atoms with Crippen LogP contribution >= 0.6 is 11.3 Å². The summed E-state index contributed by atoms with van der Waals surface area (Å²) in [4.78, 5) is 6.25. The highest BCUT2D eigenvalue weighted by molar-refractivity contribution is 7.19. The molecule has 2 nitrogen and oxygen atoms in total. The molecule has 3 heteroatoms. The zero-order chi connectivity index (χ0) is 25.9. The number of aryl methyl sites for hydroxylation is 1. The first-order chi connectivity index (χ1) is 17.7. The predicted molar refractivity (Wildman–Crippen MR) is 160 cm³/mol. The van der Waals surface area contributed by atoms with Crippen LogP contribution < -0.4 is 0 Å². The highest BCUT2D eigenvalue weighted by Gasteiger charge is 2.22. The molecule has 0 bridgehead atoms. The van der Waals surface area contributed by atoms with Gasteiger partial charge in [-0.15, -0.1) is 11.3 Å². The van der Waals surface area contributed by atoms with Crippen molar-refractivity contribution in [1.82, 2.24) is 4.98 Å². The van der Waals surface area contributed by atoms with E-state index in [-0.39, 0.29) is 5.41 Å². The molecular weight excluding hydrogens is 470 g/mol. The van der Waals surface area contributed by atoms with Crippen LogP contribution in [0, 0.1) is 12.8 Å². The fourth-order valence-corrected chi connectivity index (χ4v) is 6.68. The van der Waals surface area contributed by atoms with Gasteiger partial charge in [0.2, 0.25) is 0 Å². The summed E-state index contributed by atoms with van der Waals surface area (Å²) in [7, 11) is 0. The number of rotatable bonds is 4. The zero-order valence-corrected chi connectivity index (χ0v) is 23.3. The van der Waals surface area contributed by atoms with Gasteiger partial charge < -0.3 is 4.42 Å². The van der Waals surface area contributed by atoms with Crippen molar-refractivity contribution < 1.29 is 4.42 Å². The molecule has 0 saturated carbocycles. The van der Waals surface area contributed by atoms with Crippen LogP contribution in [0.3, 0.4) is 0 Å². The van der Waals surface area contributed by atoms with E-state index in [1.54, 1.807) is 0 Å². The SMILES string of the molecule is Cc1sc2cccc(-c3cc4ccnc(-c5cc(C(C)(C)C)c6ccccc6c5)c4o3)c2c1CC(C)C. The number of aromatic nitrogens is 1. The standard InChI is InChI=1S/C34H33NOS/c1-20(2)16-27-21(3)37-30-13-9-12-26(31(27)30)29-19-23-14-15-35-32(33(23)36-29)24-17-22-10-7-8-11-25(22)28(18-24)34(4,5)6/h7-15,17-20H,16H2,1-6H3. The van der Waals surface area contributed by atoms with E-state index in [2.05, 4.69) is 108 Å². The quantitative estimate of drug-likeness (QED) is 0.239. The van der Waals surface area contributed by atoms with E-state index < -0.39 is 0 Å². The average Bonchev–Trinajstić information content (AvgIpc) is 3.43. The zero-order valence-electron chi connectivity index (χ0n) is 22.5. The van der Waals surface area contributed by atoms with Crippen LogP contribution in [0.2, 0.25) is 0 Å². The van der Waals surface area contributed by atoms with Crippen LogP contribution in [-0.4, -0.2) is 4.98 Å². The predicted octanol–water partition coefficient (Wildman–Crippen LogP) is 10.3. The smallest absolute Gasteiger partial charge is 0.161 e. The lowest BCUT2D eigenvalue weighted by Gasteiger charge is -2.22. The van der Waals surface area contributed by atoms with Gasteiger partial charge >= 0.3 is 0 Å². The monoisotopic (exact) mass is 503 g/mol. The lowest BCUT2D eigenvalue weighted by Crippen LogP contribution is -2.12. The Morgan fingerprint density at radius 2 is 1.73 bits per heavy atom. The van der Waals surface area contributed by atoms with Crippen molar-refractivity contribution in [2.75, 3.05) is 0 Å². The van der Waals surface area contributed by atoms with Gasteiger partial charge in [0.1, 0.15) is 11.5 Å². The van der Waals surface area contributed by atoms with Gasteiger partial charge in [0.25, 0.3) is 0 Å². The molecular formula is C34H33NOS. The molecule has 0 fully saturated rings. The number of hydrogen-bond acceptors (Lipinski definition) is 3. The normalized spacial score (nSPS) is 12.4. The topological polar surface area (TPSA) is 26.0 Å². The Kier molecular flexibility index (Phi) is 5.72. The number of hydrogen-bond donors (Lipinski definition) is 0. The fraction of sp³-hybridized carbons (Fsp3) is 0.265. The van der Waals surface area contributed by atoms with E-state index in [1.807, 2.05) is 17.5 Å². The molecule has 0 aliphatic rings. The first-order valence-corrected chi connectivity index (χ1v) is 14.0. The van der Waals surface area contributed by atoms with Crippen LogP contribution in [-0.2, 0) is 11.8 Å². The van der Waals surface area contributed by atoms with Gasteiger partial charge in [-0.05, 0) is 76.9 Å². The molecule has 6 rings (SSSR count). The van der Waals surface area contributed by atoms with Crippen molar-refractivity contribution in [2.24, 2.45) is 5.92 Å². The first-order valence-electron chi connectivity index (χ1n) is 13.1.